The number of aromatic amines is 1. The largest absolute Gasteiger partial charge is 0.381 e. The lowest BCUT2D eigenvalue weighted by atomic mass is 9.83. The topological polar surface area (TPSA) is 88.3 Å². The van der Waals surface area contributed by atoms with Crippen LogP contribution in [-0.4, -0.2) is 33.2 Å². The molecule has 0 radical (unpaired) electrons. The van der Waals surface area contributed by atoms with Gasteiger partial charge in [0.15, 0.2) is 4.21 Å². The molecule has 2 rings (SSSR count). The zero-order valence-electron chi connectivity index (χ0n) is 11.0. The summed E-state index contributed by atoms with van der Waals surface area (Å²) in [6, 6.07) is 0. The zero-order valence-corrected chi connectivity index (χ0v) is 12.6. The highest BCUT2D eigenvalue weighted by Crippen LogP contribution is 2.29. The van der Waals surface area contributed by atoms with Gasteiger partial charge < -0.3 is 9.72 Å². The predicted molar refractivity (Wildman–Crippen MR) is 73.0 cm³/mol. The van der Waals surface area contributed by atoms with Crippen molar-refractivity contribution in [3.63, 3.8) is 0 Å². The number of aryl methyl sites for hydroxylation is 1. The number of rotatable bonds is 4. The van der Waals surface area contributed by atoms with Gasteiger partial charge in [0.05, 0.1) is 0 Å². The van der Waals surface area contributed by atoms with E-state index in [1.165, 1.54) is 0 Å². The molecule has 1 aliphatic heterocycles. The molecule has 2 heterocycles. The summed E-state index contributed by atoms with van der Waals surface area (Å²) < 4.78 is 32.3. The van der Waals surface area contributed by atoms with Gasteiger partial charge in [-0.25, -0.2) is 13.1 Å². The molecule has 108 valence electrons. The Morgan fingerprint density at radius 2 is 2.05 bits per heavy atom. The second-order valence-electron chi connectivity index (χ2n) is 5.17. The number of sulfonamides is 1. The molecule has 19 heavy (non-hydrogen) atoms. The Hall–Kier alpha value is -0.700. The fourth-order valence-electron chi connectivity index (χ4n) is 2.02. The van der Waals surface area contributed by atoms with Gasteiger partial charge in [-0.05, 0) is 25.2 Å². The Morgan fingerprint density at radius 1 is 1.42 bits per heavy atom. The molecule has 0 atom stereocenters. The fourth-order valence-corrected chi connectivity index (χ4v) is 4.57. The van der Waals surface area contributed by atoms with Crippen LogP contribution in [0.4, 0.5) is 0 Å². The fraction of sp³-hybridized carbons (Fsp3) is 0.727. The normalized spacial score (nSPS) is 19.5. The number of ether oxygens (including phenoxy) is 1. The number of H-pyrrole nitrogens is 1. The van der Waals surface area contributed by atoms with Crippen molar-refractivity contribution in [2.75, 3.05) is 19.8 Å². The zero-order chi connectivity index (χ0) is 14.1. The molecular formula is C11H18N2O4S2. The average molecular weight is 306 g/mol. The summed E-state index contributed by atoms with van der Waals surface area (Å²) in [6.45, 7) is 5.32. The Morgan fingerprint density at radius 3 is 2.58 bits per heavy atom. The van der Waals surface area contributed by atoms with E-state index in [4.69, 9.17) is 4.74 Å². The quantitative estimate of drug-likeness (QED) is 0.863. The Kier molecular flexibility index (Phi) is 4.14. The average Bonchev–Trinajstić information content (AvgIpc) is 2.68. The lowest BCUT2D eigenvalue weighted by molar-refractivity contribution is 0.0265. The number of aromatic nitrogens is 1. The first-order valence-electron chi connectivity index (χ1n) is 6.10. The molecule has 0 unspecified atom stereocenters. The van der Waals surface area contributed by atoms with Crippen LogP contribution in [0.3, 0.4) is 0 Å². The summed E-state index contributed by atoms with van der Waals surface area (Å²) in [5.41, 5.74) is 0.306. The molecule has 1 saturated heterocycles. The number of nitrogens with one attached hydrogen (secondary N) is 2. The van der Waals surface area contributed by atoms with Gasteiger partial charge in [0.2, 0.25) is 0 Å². The summed E-state index contributed by atoms with van der Waals surface area (Å²) in [7, 11) is -3.61. The van der Waals surface area contributed by atoms with E-state index in [1.807, 2.05) is 6.92 Å². The molecule has 1 fully saturated rings. The van der Waals surface area contributed by atoms with Gasteiger partial charge in [-0.1, -0.05) is 18.3 Å². The predicted octanol–water partition coefficient (Wildman–Crippen LogP) is 0.840. The van der Waals surface area contributed by atoms with Crippen LogP contribution in [0.25, 0.3) is 0 Å². The molecule has 1 aromatic rings. The van der Waals surface area contributed by atoms with Crippen molar-refractivity contribution in [2.45, 2.75) is 30.9 Å². The van der Waals surface area contributed by atoms with Gasteiger partial charge in [0, 0.05) is 25.5 Å². The van der Waals surface area contributed by atoms with Crippen molar-refractivity contribution >= 4 is 21.4 Å². The highest BCUT2D eigenvalue weighted by atomic mass is 32.2. The Labute approximate surface area is 116 Å². The highest BCUT2D eigenvalue weighted by Gasteiger charge is 2.30. The second-order valence-corrected chi connectivity index (χ2v) is 8.12. The van der Waals surface area contributed by atoms with E-state index < -0.39 is 10.0 Å². The minimum absolute atomic E-state index is 0.0770. The van der Waals surface area contributed by atoms with Crippen LogP contribution in [-0.2, 0) is 14.8 Å². The molecule has 0 bridgehead atoms. The molecule has 1 aliphatic rings. The Balaban J connectivity index is 2.10. The smallest absolute Gasteiger partial charge is 0.305 e. The SMILES string of the molecule is Cc1[nH]c(=O)sc1S(=O)(=O)NCC1(C)CCOCC1. The molecular weight excluding hydrogens is 288 g/mol. The van der Waals surface area contributed by atoms with Gasteiger partial charge in [0.25, 0.3) is 10.0 Å². The van der Waals surface area contributed by atoms with Gasteiger partial charge >= 0.3 is 4.87 Å². The van der Waals surface area contributed by atoms with E-state index in [9.17, 15) is 13.2 Å². The van der Waals surface area contributed by atoms with Crippen LogP contribution in [0.1, 0.15) is 25.5 Å². The van der Waals surface area contributed by atoms with E-state index in [-0.39, 0.29) is 14.5 Å². The van der Waals surface area contributed by atoms with Crippen molar-refractivity contribution in [2.24, 2.45) is 5.41 Å². The monoisotopic (exact) mass is 306 g/mol. The molecule has 0 aliphatic carbocycles. The maximum atomic E-state index is 12.2. The standard InChI is InChI=1S/C11H18N2O4S2/c1-8-9(18-10(14)13-8)19(15,16)12-7-11(2)3-5-17-6-4-11/h12H,3-7H2,1-2H3,(H,13,14). The maximum absolute atomic E-state index is 12.2. The summed E-state index contributed by atoms with van der Waals surface area (Å²) in [6.07, 6.45) is 1.66. The molecule has 0 saturated carbocycles. The van der Waals surface area contributed by atoms with Crippen LogP contribution in [0.15, 0.2) is 9.00 Å². The first kappa shape index (κ1) is 14.7. The number of hydrogen-bond acceptors (Lipinski definition) is 5. The van der Waals surface area contributed by atoms with Crippen molar-refractivity contribution in [1.82, 2.24) is 9.71 Å². The van der Waals surface area contributed by atoms with E-state index in [1.54, 1.807) is 6.92 Å². The lowest BCUT2D eigenvalue weighted by Gasteiger charge is -2.33. The van der Waals surface area contributed by atoms with Crippen LogP contribution >= 0.6 is 11.3 Å². The lowest BCUT2D eigenvalue weighted by Crippen LogP contribution is -2.39. The summed E-state index contributed by atoms with van der Waals surface area (Å²) >= 11 is 0.721. The van der Waals surface area contributed by atoms with E-state index in [0.29, 0.717) is 25.5 Å². The third kappa shape index (κ3) is 3.44. The molecule has 2 N–H and O–H groups in total. The van der Waals surface area contributed by atoms with Crippen LogP contribution in [0.2, 0.25) is 0 Å². The van der Waals surface area contributed by atoms with E-state index in [2.05, 4.69) is 9.71 Å². The molecule has 0 aromatic carbocycles. The van der Waals surface area contributed by atoms with Crippen LogP contribution < -0.4 is 9.60 Å². The van der Waals surface area contributed by atoms with Crippen molar-refractivity contribution in [1.29, 1.82) is 0 Å². The second kappa shape index (κ2) is 5.35. The Bertz CT molecular complexity index is 596. The van der Waals surface area contributed by atoms with Crippen molar-refractivity contribution in [3.05, 3.63) is 15.4 Å². The molecule has 0 amide bonds. The minimum atomic E-state index is -3.61. The van der Waals surface area contributed by atoms with Gasteiger partial charge in [-0.3, -0.25) is 4.79 Å². The first-order chi connectivity index (χ1) is 8.82. The van der Waals surface area contributed by atoms with Gasteiger partial charge in [-0.15, -0.1) is 0 Å². The molecule has 1 aromatic heterocycles. The van der Waals surface area contributed by atoms with Crippen LogP contribution in [0.5, 0.6) is 0 Å². The van der Waals surface area contributed by atoms with Crippen LogP contribution in [0, 0.1) is 12.3 Å². The first-order valence-corrected chi connectivity index (χ1v) is 8.40. The van der Waals surface area contributed by atoms with Crippen molar-refractivity contribution in [3.8, 4) is 0 Å². The minimum Gasteiger partial charge on any atom is -0.381 e. The third-order valence-corrected chi connectivity index (χ3v) is 6.42. The van der Waals surface area contributed by atoms with Crippen molar-refractivity contribution < 1.29 is 13.2 Å². The molecule has 8 heteroatoms. The van der Waals surface area contributed by atoms with E-state index in [0.717, 1.165) is 24.2 Å². The third-order valence-electron chi connectivity index (χ3n) is 3.41. The maximum Gasteiger partial charge on any atom is 0.305 e. The van der Waals surface area contributed by atoms with E-state index >= 15 is 0 Å². The summed E-state index contributed by atoms with van der Waals surface area (Å²) in [4.78, 5) is 13.3. The number of hydrogen-bond donors (Lipinski definition) is 2. The summed E-state index contributed by atoms with van der Waals surface area (Å²) in [5.74, 6) is 0. The summed E-state index contributed by atoms with van der Waals surface area (Å²) in [5, 5.41) is 0. The number of thiazole rings is 1. The van der Waals surface area contributed by atoms with Gasteiger partial charge in [-0.2, -0.15) is 0 Å². The molecule has 6 nitrogen and oxygen atoms in total. The van der Waals surface area contributed by atoms with Gasteiger partial charge in [0.1, 0.15) is 0 Å². The molecule has 0 spiro atoms. The highest BCUT2D eigenvalue weighted by molar-refractivity contribution is 7.91.